The lowest BCUT2D eigenvalue weighted by Crippen LogP contribution is -2.65. The molecular formula is C27H29F3N4O8. The van der Waals surface area contributed by atoms with E-state index in [1.807, 2.05) is 0 Å². The number of nitrogens with zero attached hydrogens (tertiary/aromatic N) is 1. The van der Waals surface area contributed by atoms with E-state index < -0.39 is 116 Å². The number of likely N-dealkylation sites (N-methyl/N-ethyl adjacent to an activating group) is 1. The van der Waals surface area contributed by atoms with Crippen molar-refractivity contribution in [2.75, 3.05) is 26.0 Å². The fraction of sp³-hybridized carbons (Fsp3) is 0.481. The molecule has 8 N–H and O–H groups in total. The molecular weight excluding hydrogens is 565 g/mol. The minimum Gasteiger partial charge on any atom is -0.508 e. The van der Waals surface area contributed by atoms with Gasteiger partial charge >= 0.3 is 6.18 Å². The number of halogens is 3. The number of primary amides is 1. The molecule has 1 aromatic rings. The Kier molecular flexibility index (Phi) is 6.90. The molecule has 15 heteroatoms. The number of Topliss-reactive ketones (excluding diaryl/α,β-unsaturated/α-hetero) is 2. The Bertz CT molecular complexity index is 1490. The van der Waals surface area contributed by atoms with Crippen LogP contribution in [0.2, 0.25) is 0 Å². The van der Waals surface area contributed by atoms with Crippen LogP contribution in [0.4, 0.5) is 18.9 Å². The van der Waals surface area contributed by atoms with Gasteiger partial charge in [-0.15, -0.1) is 0 Å². The Labute approximate surface area is 236 Å². The summed E-state index contributed by atoms with van der Waals surface area (Å²) in [7, 11) is 2.81. The number of alkyl halides is 3. The number of carbonyl (C=O) groups is 4. The molecule has 12 nitrogen and oxygen atoms in total. The van der Waals surface area contributed by atoms with Gasteiger partial charge in [-0.05, 0) is 63.9 Å². The van der Waals surface area contributed by atoms with Crippen LogP contribution in [0.15, 0.2) is 23.0 Å². The van der Waals surface area contributed by atoms with Gasteiger partial charge in [0.25, 0.3) is 5.91 Å². The number of benzene rings is 1. The predicted octanol–water partition coefficient (Wildman–Crippen LogP) is 0.673. The van der Waals surface area contributed by atoms with E-state index in [4.69, 9.17) is 5.73 Å². The number of amides is 2. The van der Waals surface area contributed by atoms with E-state index in [1.54, 1.807) is 0 Å². The zero-order valence-corrected chi connectivity index (χ0v) is 22.5. The van der Waals surface area contributed by atoms with E-state index in [0.29, 0.717) is 25.5 Å². The van der Waals surface area contributed by atoms with Gasteiger partial charge in [0.2, 0.25) is 11.7 Å². The molecule has 2 fully saturated rings. The number of nitrogens with one attached hydrogen (secondary N) is 2. The normalized spacial score (nSPS) is 29.4. The Morgan fingerprint density at radius 2 is 1.86 bits per heavy atom. The second-order valence-corrected chi connectivity index (χ2v) is 11.3. The van der Waals surface area contributed by atoms with Gasteiger partial charge in [-0.1, -0.05) is 0 Å². The molecule has 1 aliphatic heterocycles. The van der Waals surface area contributed by atoms with Crippen molar-refractivity contribution in [2.24, 2.45) is 17.6 Å². The van der Waals surface area contributed by atoms with Crippen LogP contribution in [0, 0.1) is 11.8 Å². The van der Waals surface area contributed by atoms with E-state index in [0.717, 1.165) is 0 Å². The number of rotatable bonds is 4. The maximum Gasteiger partial charge on any atom is 0.416 e. The average Bonchev–Trinajstić information content (AvgIpc) is 3.42. The van der Waals surface area contributed by atoms with Gasteiger partial charge < -0.3 is 36.8 Å². The Morgan fingerprint density at radius 1 is 1.19 bits per heavy atom. The molecule has 5 rings (SSSR count). The lowest BCUT2D eigenvalue weighted by Gasteiger charge is -2.50. The predicted molar refractivity (Wildman–Crippen MR) is 139 cm³/mol. The number of nitrogens with two attached hydrogens (primary N) is 1. The lowest BCUT2D eigenvalue weighted by atomic mass is 9.57. The van der Waals surface area contributed by atoms with E-state index in [2.05, 4.69) is 10.6 Å². The molecule has 42 heavy (non-hydrogen) atoms. The third kappa shape index (κ3) is 4.17. The molecule has 226 valence electrons. The maximum absolute atomic E-state index is 14.3. The molecule has 0 spiro atoms. The quantitative estimate of drug-likeness (QED) is 0.192. The fourth-order valence-electron chi connectivity index (χ4n) is 6.79. The summed E-state index contributed by atoms with van der Waals surface area (Å²) in [6, 6.07) is -1.54. The molecule has 0 aromatic heterocycles. The summed E-state index contributed by atoms with van der Waals surface area (Å²) in [5.41, 5.74) is -2.52. The Balaban J connectivity index is 1.71. The second kappa shape index (κ2) is 9.81. The number of aromatic hydroxyl groups is 1. The number of carbonyl (C=O) groups excluding carboxylic acids is 4. The van der Waals surface area contributed by atoms with Gasteiger partial charge in [0.1, 0.15) is 22.8 Å². The fourth-order valence-corrected chi connectivity index (χ4v) is 6.79. The van der Waals surface area contributed by atoms with Crippen LogP contribution in [-0.4, -0.2) is 87.0 Å². The number of aliphatic hydroxyl groups excluding tert-OH is 2. The lowest BCUT2D eigenvalue weighted by molar-refractivity contribution is -0.153. The van der Waals surface area contributed by atoms with Crippen molar-refractivity contribution >= 4 is 34.8 Å². The van der Waals surface area contributed by atoms with E-state index in [-0.39, 0.29) is 6.42 Å². The number of ketones is 2. The van der Waals surface area contributed by atoms with Crippen molar-refractivity contribution < 1.29 is 52.8 Å². The largest absolute Gasteiger partial charge is 0.508 e. The molecule has 1 saturated carbocycles. The first-order valence-corrected chi connectivity index (χ1v) is 13.2. The first-order valence-electron chi connectivity index (χ1n) is 13.2. The number of anilines is 1. The van der Waals surface area contributed by atoms with Crippen LogP contribution in [0.3, 0.4) is 0 Å². The van der Waals surface area contributed by atoms with Crippen LogP contribution in [0.1, 0.15) is 36.0 Å². The molecule has 5 atom stereocenters. The average molecular weight is 595 g/mol. The van der Waals surface area contributed by atoms with Gasteiger partial charge in [-0.25, -0.2) is 0 Å². The van der Waals surface area contributed by atoms with Gasteiger partial charge in [-0.3, -0.25) is 24.1 Å². The third-order valence-corrected chi connectivity index (χ3v) is 8.66. The van der Waals surface area contributed by atoms with Gasteiger partial charge in [-0.2, -0.15) is 13.2 Å². The number of hydrogen-bond donors (Lipinski definition) is 7. The first-order chi connectivity index (χ1) is 19.5. The van der Waals surface area contributed by atoms with Crippen molar-refractivity contribution in [1.29, 1.82) is 0 Å². The monoisotopic (exact) mass is 594 g/mol. The standard InChI is InChI=1S/C27H29F3N4O8/c1-34(2)18-12-7-9-6-10-11(27(28,29)30)8-14(33-25(41)13-4-3-5-32-13)19(35)16(10)20(36)15(9)22(38)26(12,42)23(39)17(21(18)37)24(31)40/h8-9,12-13,18,32,35-36,39,42H,3-7H2,1-2H3,(H2,31,40)(H,33,41)/t9-,12-,13-,18-,26-/m0/s1. The number of hydrogen-bond acceptors (Lipinski definition) is 10. The molecule has 4 aliphatic rings. The topological polar surface area (TPSA) is 203 Å². The van der Waals surface area contributed by atoms with Crippen molar-refractivity contribution in [3.05, 3.63) is 39.7 Å². The van der Waals surface area contributed by atoms with Crippen LogP contribution < -0.4 is 16.4 Å². The molecule has 1 aromatic carbocycles. The van der Waals surface area contributed by atoms with E-state index in [1.165, 1.54) is 19.0 Å². The van der Waals surface area contributed by atoms with Gasteiger partial charge in [0.15, 0.2) is 11.4 Å². The molecule has 2 amide bonds. The summed E-state index contributed by atoms with van der Waals surface area (Å²) in [5, 5.41) is 50.0. The van der Waals surface area contributed by atoms with E-state index >= 15 is 0 Å². The molecule has 1 saturated heterocycles. The number of fused-ring (bicyclic) bond motifs is 3. The van der Waals surface area contributed by atoms with Gasteiger partial charge in [0, 0.05) is 11.5 Å². The first kappa shape index (κ1) is 29.5. The highest BCUT2D eigenvalue weighted by Gasteiger charge is 2.64. The van der Waals surface area contributed by atoms with Crippen molar-refractivity contribution in [2.45, 2.75) is 49.5 Å². The Hall–Kier alpha value is -3.95. The third-order valence-electron chi connectivity index (χ3n) is 8.66. The molecule has 1 heterocycles. The summed E-state index contributed by atoms with van der Waals surface area (Å²) >= 11 is 0. The van der Waals surface area contributed by atoms with Crippen molar-refractivity contribution in [3.63, 3.8) is 0 Å². The summed E-state index contributed by atoms with van der Waals surface area (Å²) in [5.74, 6) is -10.4. The number of phenols is 1. The number of phenolic OH excluding ortho intramolecular Hbond substituents is 1. The van der Waals surface area contributed by atoms with Crippen LogP contribution in [0.5, 0.6) is 5.75 Å². The SMILES string of the molecule is CN(C)[C@@H]1C(=O)C(C(N)=O)=C(O)[C@@]2(O)C(=O)C3=C(O)c4c(O)c(NC(=O)[C@@H]5CCCN5)cc(C(F)(F)F)c4C[C@H]3C[C@@H]12. The highest BCUT2D eigenvalue weighted by atomic mass is 19.4. The number of aliphatic hydroxyl groups is 3. The highest BCUT2D eigenvalue weighted by Crippen LogP contribution is 2.55. The minimum atomic E-state index is -5.01. The Morgan fingerprint density at radius 3 is 2.40 bits per heavy atom. The summed E-state index contributed by atoms with van der Waals surface area (Å²) in [6.45, 7) is 0.515. The second-order valence-electron chi connectivity index (χ2n) is 11.3. The van der Waals surface area contributed by atoms with Crippen molar-refractivity contribution in [3.8, 4) is 5.75 Å². The van der Waals surface area contributed by atoms with Crippen LogP contribution in [-0.2, 0) is 31.8 Å². The van der Waals surface area contributed by atoms with Gasteiger partial charge in [0.05, 0.1) is 28.9 Å². The highest BCUT2D eigenvalue weighted by molar-refractivity contribution is 6.24. The van der Waals surface area contributed by atoms with Crippen LogP contribution >= 0.6 is 0 Å². The zero-order chi connectivity index (χ0) is 31.0. The minimum absolute atomic E-state index is 0.365. The summed E-state index contributed by atoms with van der Waals surface area (Å²) < 4.78 is 43.0. The smallest absolute Gasteiger partial charge is 0.416 e. The molecule has 0 bridgehead atoms. The summed E-state index contributed by atoms with van der Waals surface area (Å²) in [4.78, 5) is 53.0. The molecule has 0 radical (unpaired) electrons. The zero-order valence-electron chi connectivity index (χ0n) is 22.5. The summed E-state index contributed by atoms with van der Waals surface area (Å²) in [6.07, 6.45) is -4.85. The maximum atomic E-state index is 14.3. The molecule has 3 aliphatic carbocycles. The van der Waals surface area contributed by atoms with Crippen molar-refractivity contribution in [1.82, 2.24) is 10.2 Å². The molecule has 0 unspecified atom stereocenters. The van der Waals surface area contributed by atoms with Crippen LogP contribution in [0.25, 0.3) is 5.76 Å². The van der Waals surface area contributed by atoms with E-state index in [9.17, 15) is 52.8 Å².